The maximum absolute atomic E-state index is 10.7. The summed E-state index contributed by atoms with van der Waals surface area (Å²) in [4.78, 5) is 22.4. The molecule has 98 valence electrons. The zero-order chi connectivity index (χ0) is 14.0. The molecule has 0 aliphatic heterocycles. The Morgan fingerprint density at radius 2 is 1.72 bits per heavy atom. The highest BCUT2D eigenvalue weighted by Gasteiger charge is 2.02. The number of carbonyl (C=O) groups is 1. The van der Waals surface area contributed by atoms with Crippen LogP contribution < -0.4 is 0 Å². The molecule has 0 radical (unpaired) electrons. The number of aromatic nitrogens is 1. The van der Waals surface area contributed by atoms with Crippen LogP contribution >= 0.6 is 0 Å². The Kier molecular flexibility index (Phi) is 8.01. The summed E-state index contributed by atoms with van der Waals surface area (Å²) in [6, 6.07) is 5.08. The minimum Gasteiger partial charge on any atom is -0.464 e. The van der Waals surface area contributed by atoms with E-state index in [2.05, 4.69) is 19.7 Å². The molecule has 1 rings (SSSR count). The lowest BCUT2D eigenvalue weighted by atomic mass is 10.3. The van der Waals surface area contributed by atoms with Crippen molar-refractivity contribution in [2.24, 2.45) is 9.98 Å². The summed E-state index contributed by atoms with van der Waals surface area (Å²) in [7, 11) is 4.87. The summed E-state index contributed by atoms with van der Waals surface area (Å²) >= 11 is 0. The average Bonchev–Trinajstić information content (AvgIpc) is 2.46. The molecule has 1 heterocycles. The molecule has 0 saturated carbocycles. The summed E-state index contributed by atoms with van der Waals surface area (Å²) in [6.07, 6.45) is 1.55. The smallest absolute Gasteiger partial charge is 0.356 e. The van der Waals surface area contributed by atoms with Crippen molar-refractivity contribution in [3.05, 3.63) is 30.1 Å². The Morgan fingerprint density at radius 3 is 2.06 bits per heavy atom. The van der Waals surface area contributed by atoms with Crippen molar-refractivity contribution in [3.8, 4) is 0 Å². The van der Waals surface area contributed by atoms with Gasteiger partial charge in [-0.2, -0.15) is 0 Å². The first-order valence-corrected chi connectivity index (χ1v) is 5.43. The third kappa shape index (κ3) is 5.89. The number of aliphatic imine (C=N–C) groups is 2. The third-order valence-corrected chi connectivity index (χ3v) is 2.25. The summed E-state index contributed by atoms with van der Waals surface area (Å²) in [5.74, 6) is -0.402. The molecule has 0 saturated heterocycles. The molecule has 0 bridgehead atoms. The van der Waals surface area contributed by atoms with Gasteiger partial charge in [0.05, 0.1) is 18.5 Å². The minimum absolute atomic E-state index is 0.338. The number of esters is 1. The van der Waals surface area contributed by atoms with E-state index >= 15 is 0 Å². The summed E-state index contributed by atoms with van der Waals surface area (Å²) in [5.41, 5.74) is 2.35. The van der Waals surface area contributed by atoms with Gasteiger partial charge in [-0.25, -0.2) is 9.78 Å². The number of carbonyl (C=O) groups excluding carboxylic acids is 1. The number of ether oxygens (including phenoxy) is 1. The Morgan fingerprint density at radius 1 is 1.17 bits per heavy atom. The highest BCUT2D eigenvalue weighted by Crippen LogP contribution is 1.93. The summed E-state index contributed by atoms with van der Waals surface area (Å²) < 4.78 is 4.43. The maximum atomic E-state index is 10.7. The van der Waals surface area contributed by atoms with Gasteiger partial charge in [-0.05, 0) is 26.0 Å². The van der Waals surface area contributed by atoms with Crippen LogP contribution in [-0.2, 0) is 4.74 Å². The first-order valence-electron chi connectivity index (χ1n) is 5.43. The van der Waals surface area contributed by atoms with Crippen molar-refractivity contribution in [1.29, 1.82) is 0 Å². The summed E-state index contributed by atoms with van der Waals surface area (Å²) in [5, 5.41) is 0. The SMILES string of the molecule is CN=C(C)C(C)=NC.COC(=O)c1ccccn1. The van der Waals surface area contributed by atoms with Gasteiger partial charge >= 0.3 is 5.97 Å². The second-order valence-electron chi connectivity index (χ2n) is 3.32. The van der Waals surface area contributed by atoms with Crippen LogP contribution in [0.3, 0.4) is 0 Å². The van der Waals surface area contributed by atoms with Crippen LogP contribution in [0.4, 0.5) is 0 Å². The minimum atomic E-state index is -0.402. The zero-order valence-electron chi connectivity index (χ0n) is 11.5. The number of pyridine rings is 1. The number of rotatable bonds is 2. The van der Waals surface area contributed by atoms with Crippen molar-refractivity contribution in [2.45, 2.75) is 13.8 Å². The largest absolute Gasteiger partial charge is 0.464 e. The van der Waals surface area contributed by atoms with Crippen LogP contribution in [0.5, 0.6) is 0 Å². The Hall–Kier alpha value is -2.04. The topological polar surface area (TPSA) is 63.9 Å². The highest BCUT2D eigenvalue weighted by atomic mass is 16.5. The molecule has 0 spiro atoms. The number of hydrogen-bond donors (Lipinski definition) is 0. The molecule has 0 aromatic carbocycles. The summed E-state index contributed by atoms with van der Waals surface area (Å²) in [6.45, 7) is 3.89. The molecular weight excluding hydrogens is 230 g/mol. The second-order valence-corrected chi connectivity index (χ2v) is 3.32. The number of hydrogen-bond acceptors (Lipinski definition) is 5. The van der Waals surface area contributed by atoms with Crippen LogP contribution in [-0.4, -0.2) is 43.6 Å². The van der Waals surface area contributed by atoms with E-state index in [0.717, 1.165) is 11.4 Å². The molecule has 0 aliphatic carbocycles. The molecule has 0 N–H and O–H groups in total. The van der Waals surface area contributed by atoms with Crippen molar-refractivity contribution in [1.82, 2.24) is 4.98 Å². The molecule has 0 aliphatic rings. The molecule has 0 amide bonds. The van der Waals surface area contributed by atoms with Gasteiger partial charge in [-0.1, -0.05) is 6.07 Å². The van der Waals surface area contributed by atoms with E-state index in [1.807, 2.05) is 13.8 Å². The van der Waals surface area contributed by atoms with Gasteiger partial charge in [0.25, 0.3) is 0 Å². The quantitative estimate of drug-likeness (QED) is 0.595. The molecule has 1 aromatic rings. The van der Waals surface area contributed by atoms with E-state index in [4.69, 9.17) is 0 Å². The van der Waals surface area contributed by atoms with Gasteiger partial charge in [0, 0.05) is 20.3 Å². The van der Waals surface area contributed by atoms with Gasteiger partial charge in [0.2, 0.25) is 0 Å². The van der Waals surface area contributed by atoms with Gasteiger partial charge in [-0.15, -0.1) is 0 Å². The van der Waals surface area contributed by atoms with Crippen LogP contribution in [0.1, 0.15) is 24.3 Å². The molecule has 0 unspecified atom stereocenters. The van der Waals surface area contributed by atoms with Gasteiger partial charge in [0.15, 0.2) is 0 Å². The van der Waals surface area contributed by atoms with Crippen LogP contribution in [0, 0.1) is 0 Å². The first-order chi connectivity index (χ1) is 8.56. The van der Waals surface area contributed by atoms with E-state index in [9.17, 15) is 4.79 Å². The predicted molar refractivity (Wildman–Crippen MR) is 73.6 cm³/mol. The van der Waals surface area contributed by atoms with E-state index in [0.29, 0.717) is 5.69 Å². The lowest BCUT2D eigenvalue weighted by Gasteiger charge is -1.94. The molecular formula is C13H19N3O2. The first kappa shape index (κ1) is 16.0. The fraction of sp³-hybridized carbons (Fsp3) is 0.385. The number of nitrogens with zero attached hydrogens (tertiary/aromatic N) is 3. The monoisotopic (exact) mass is 249 g/mol. The Balaban J connectivity index is 0.000000331. The van der Waals surface area contributed by atoms with Gasteiger partial charge in [0.1, 0.15) is 5.69 Å². The highest BCUT2D eigenvalue weighted by molar-refractivity contribution is 6.40. The third-order valence-electron chi connectivity index (χ3n) is 2.25. The molecule has 5 nitrogen and oxygen atoms in total. The lowest BCUT2D eigenvalue weighted by Crippen LogP contribution is -2.03. The van der Waals surface area contributed by atoms with Crippen molar-refractivity contribution in [2.75, 3.05) is 21.2 Å². The van der Waals surface area contributed by atoms with Crippen LogP contribution in [0.15, 0.2) is 34.4 Å². The molecule has 18 heavy (non-hydrogen) atoms. The standard InChI is InChI=1S/C7H7NO2.C6H12N2/c1-10-7(9)6-4-2-3-5-8-6;1-5(7-3)6(2)8-4/h2-5H,1H3;1-4H3. The van der Waals surface area contributed by atoms with Crippen LogP contribution in [0.25, 0.3) is 0 Å². The zero-order valence-corrected chi connectivity index (χ0v) is 11.5. The fourth-order valence-electron chi connectivity index (χ4n) is 0.912. The molecule has 0 fully saturated rings. The second kappa shape index (κ2) is 9.04. The number of methoxy groups -OCH3 is 1. The maximum Gasteiger partial charge on any atom is 0.356 e. The van der Waals surface area contributed by atoms with Gasteiger partial charge in [-0.3, -0.25) is 9.98 Å². The molecule has 0 atom stereocenters. The Bertz CT molecular complexity index is 409. The average molecular weight is 249 g/mol. The van der Waals surface area contributed by atoms with Crippen molar-refractivity contribution in [3.63, 3.8) is 0 Å². The van der Waals surface area contributed by atoms with E-state index < -0.39 is 5.97 Å². The normalized spacial score (nSPS) is 11.4. The van der Waals surface area contributed by atoms with Crippen LogP contribution in [0.2, 0.25) is 0 Å². The predicted octanol–water partition coefficient (Wildman–Crippen LogP) is 2.04. The van der Waals surface area contributed by atoms with Gasteiger partial charge < -0.3 is 4.74 Å². The van der Waals surface area contributed by atoms with Crippen molar-refractivity contribution >= 4 is 17.4 Å². The molecule has 5 heteroatoms. The van der Waals surface area contributed by atoms with E-state index in [-0.39, 0.29) is 0 Å². The van der Waals surface area contributed by atoms with E-state index in [1.165, 1.54) is 7.11 Å². The molecule has 1 aromatic heterocycles. The fourth-order valence-corrected chi connectivity index (χ4v) is 0.912. The van der Waals surface area contributed by atoms with E-state index in [1.54, 1.807) is 38.5 Å². The Labute approximate surface area is 108 Å². The lowest BCUT2D eigenvalue weighted by molar-refractivity contribution is 0.0594. The van der Waals surface area contributed by atoms with Crippen molar-refractivity contribution < 1.29 is 9.53 Å².